The van der Waals surface area contributed by atoms with Crippen molar-refractivity contribution < 1.29 is 9.26 Å². The van der Waals surface area contributed by atoms with Gasteiger partial charge < -0.3 is 15.0 Å². The zero-order valence-corrected chi connectivity index (χ0v) is 11.9. The highest BCUT2D eigenvalue weighted by Crippen LogP contribution is 2.38. The van der Waals surface area contributed by atoms with Crippen LogP contribution >= 0.6 is 15.9 Å². The molecule has 3 rings (SSSR count). The average molecular weight is 324 g/mol. The molecule has 2 N–H and O–H groups in total. The van der Waals surface area contributed by atoms with E-state index in [1.807, 2.05) is 18.2 Å². The lowest BCUT2D eigenvalue weighted by Gasteiger charge is -2.07. The van der Waals surface area contributed by atoms with Crippen molar-refractivity contribution in [3.05, 3.63) is 40.0 Å². The lowest BCUT2D eigenvalue weighted by molar-refractivity contribution is 0.241. The molecular weight excluding hydrogens is 310 g/mol. The third-order valence-corrected chi connectivity index (χ3v) is 3.63. The van der Waals surface area contributed by atoms with Crippen LogP contribution in [0, 0.1) is 0 Å². The van der Waals surface area contributed by atoms with Gasteiger partial charge in [-0.3, -0.25) is 0 Å². The summed E-state index contributed by atoms with van der Waals surface area (Å²) in [5.74, 6) is 2.55. The van der Waals surface area contributed by atoms with Crippen LogP contribution in [0.3, 0.4) is 0 Å². The first-order valence-corrected chi connectivity index (χ1v) is 6.99. The van der Waals surface area contributed by atoms with E-state index in [1.54, 1.807) is 0 Å². The van der Waals surface area contributed by atoms with Gasteiger partial charge in [-0.05, 0) is 46.5 Å². The van der Waals surface area contributed by atoms with Crippen molar-refractivity contribution in [3.63, 3.8) is 0 Å². The van der Waals surface area contributed by atoms with Crippen LogP contribution in [0.2, 0.25) is 0 Å². The van der Waals surface area contributed by atoms with E-state index in [4.69, 9.17) is 15.0 Å². The molecule has 100 valence electrons. The van der Waals surface area contributed by atoms with Gasteiger partial charge in [0, 0.05) is 12.5 Å². The van der Waals surface area contributed by atoms with E-state index in [0.29, 0.717) is 18.4 Å². The highest BCUT2D eigenvalue weighted by Gasteiger charge is 2.28. The fourth-order valence-electron chi connectivity index (χ4n) is 1.76. The van der Waals surface area contributed by atoms with Crippen LogP contribution in [0.4, 0.5) is 0 Å². The van der Waals surface area contributed by atoms with Crippen molar-refractivity contribution >= 4 is 15.9 Å². The van der Waals surface area contributed by atoms with E-state index in [-0.39, 0.29) is 6.61 Å². The topological polar surface area (TPSA) is 74.2 Å². The maximum Gasteiger partial charge on any atom is 0.264 e. The molecule has 1 aliphatic rings. The van der Waals surface area contributed by atoms with Crippen LogP contribution in [0.5, 0.6) is 5.75 Å². The number of aromatic nitrogens is 2. The molecule has 0 unspecified atom stereocenters. The summed E-state index contributed by atoms with van der Waals surface area (Å²) in [6.07, 6.45) is 2.32. The van der Waals surface area contributed by atoms with Crippen molar-refractivity contribution in [1.29, 1.82) is 0 Å². The van der Waals surface area contributed by atoms with Gasteiger partial charge in [-0.15, -0.1) is 0 Å². The van der Waals surface area contributed by atoms with E-state index in [9.17, 15) is 0 Å². The Balaban J connectivity index is 1.64. The summed E-state index contributed by atoms with van der Waals surface area (Å²) in [5, 5.41) is 3.95. The van der Waals surface area contributed by atoms with Crippen molar-refractivity contribution in [2.45, 2.75) is 31.9 Å². The number of halogens is 1. The molecule has 1 aromatic carbocycles. The average Bonchev–Trinajstić information content (AvgIpc) is 3.17. The molecule has 2 aromatic rings. The molecule has 6 heteroatoms. The minimum atomic E-state index is 0.278. The maximum atomic E-state index is 5.65. The summed E-state index contributed by atoms with van der Waals surface area (Å²) < 4.78 is 11.7. The van der Waals surface area contributed by atoms with Crippen molar-refractivity contribution in [2.75, 3.05) is 0 Å². The second kappa shape index (κ2) is 5.30. The number of nitrogens with zero attached hydrogens (tertiary/aromatic N) is 2. The third kappa shape index (κ3) is 2.96. The molecule has 1 saturated carbocycles. The van der Waals surface area contributed by atoms with E-state index in [2.05, 4.69) is 26.1 Å². The van der Waals surface area contributed by atoms with Gasteiger partial charge in [0.25, 0.3) is 5.89 Å². The first-order chi connectivity index (χ1) is 9.26. The molecule has 0 atom stereocenters. The lowest BCUT2D eigenvalue weighted by atomic mass is 10.2. The van der Waals surface area contributed by atoms with E-state index >= 15 is 0 Å². The van der Waals surface area contributed by atoms with Crippen molar-refractivity contribution in [1.82, 2.24) is 10.1 Å². The van der Waals surface area contributed by atoms with Gasteiger partial charge in [-0.2, -0.15) is 4.98 Å². The van der Waals surface area contributed by atoms with Crippen molar-refractivity contribution in [2.24, 2.45) is 5.73 Å². The summed E-state index contributed by atoms with van der Waals surface area (Å²) in [4.78, 5) is 4.31. The fourth-order valence-corrected chi connectivity index (χ4v) is 2.30. The standard InChI is InChI=1S/C13H14BrN3O2/c14-10-5-8(6-15)1-4-11(10)18-7-12-16-13(17-19-12)9-2-3-9/h1,4-5,9H,2-3,6-7,15H2. The van der Waals surface area contributed by atoms with Gasteiger partial charge in [0.05, 0.1) is 4.47 Å². The van der Waals surface area contributed by atoms with Crippen molar-refractivity contribution in [3.8, 4) is 5.75 Å². The predicted molar refractivity (Wildman–Crippen MR) is 72.6 cm³/mol. The zero-order chi connectivity index (χ0) is 13.2. The molecule has 0 spiro atoms. The van der Waals surface area contributed by atoms with Crippen LogP contribution in [0.15, 0.2) is 27.2 Å². The molecule has 0 radical (unpaired) electrons. The van der Waals surface area contributed by atoms with E-state index < -0.39 is 0 Å². The van der Waals surface area contributed by atoms with Gasteiger partial charge in [-0.1, -0.05) is 11.2 Å². The summed E-state index contributed by atoms with van der Waals surface area (Å²) in [6.45, 7) is 0.785. The number of hydrogen-bond acceptors (Lipinski definition) is 5. The van der Waals surface area contributed by atoms with Gasteiger partial charge in [0.2, 0.25) is 0 Å². The molecule has 5 nitrogen and oxygen atoms in total. The molecule has 1 fully saturated rings. The Morgan fingerprint density at radius 1 is 1.42 bits per heavy atom. The highest BCUT2D eigenvalue weighted by molar-refractivity contribution is 9.10. The number of nitrogens with two attached hydrogens (primary N) is 1. The zero-order valence-electron chi connectivity index (χ0n) is 10.3. The summed E-state index contributed by atoms with van der Waals surface area (Å²) >= 11 is 3.45. The second-order valence-electron chi connectivity index (χ2n) is 4.58. The molecule has 19 heavy (non-hydrogen) atoms. The monoisotopic (exact) mass is 323 g/mol. The largest absolute Gasteiger partial charge is 0.483 e. The summed E-state index contributed by atoms with van der Waals surface area (Å²) in [5.41, 5.74) is 6.62. The Morgan fingerprint density at radius 2 is 2.26 bits per heavy atom. The third-order valence-electron chi connectivity index (χ3n) is 3.01. The van der Waals surface area contributed by atoms with Crippen LogP contribution in [0.25, 0.3) is 0 Å². The normalized spacial score (nSPS) is 14.6. The quantitative estimate of drug-likeness (QED) is 0.915. The molecule has 0 saturated heterocycles. The highest BCUT2D eigenvalue weighted by atomic mass is 79.9. The first-order valence-electron chi connectivity index (χ1n) is 6.20. The SMILES string of the molecule is NCc1ccc(OCc2nc(C3CC3)no2)c(Br)c1. The van der Waals surface area contributed by atoms with E-state index in [0.717, 1.165) is 34.5 Å². The minimum Gasteiger partial charge on any atom is -0.483 e. The number of ether oxygens (including phenoxy) is 1. The fraction of sp³-hybridized carbons (Fsp3) is 0.385. The Hall–Kier alpha value is -1.40. The number of hydrogen-bond donors (Lipinski definition) is 1. The second-order valence-corrected chi connectivity index (χ2v) is 5.43. The molecule has 0 aliphatic heterocycles. The van der Waals surface area contributed by atoms with Gasteiger partial charge in [0.15, 0.2) is 12.4 Å². The first kappa shape index (κ1) is 12.6. The Bertz CT molecular complexity index is 581. The smallest absolute Gasteiger partial charge is 0.264 e. The number of rotatable bonds is 5. The molecule has 0 bridgehead atoms. The van der Waals surface area contributed by atoms with E-state index in [1.165, 1.54) is 0 Å². The number of benzene rings is 1. The Morgan fingerprint density at radius 3 is 2.95 bits per heavy atom. The van der Waals surface area contributed by atoms with Crippen LogP contribution in [0.1, 0.15) is 36.0 Å². The van der Waals surface area contributed by atoms with Gasteiger partial charge in [-0.25, -0.2) is 0 Å². The lowest BCUT2D eigenvalue weighted by Crippen LogP contribution is -1.99. The van der Waals surface area contributed by atoms with Gasteiger partial charge in [0.1, 0.15) is 5.75 Å². The molecule has 1 heterocycles. The van der Waals surface area contributed by atoms with Crippen LogP contribution in [-0.4, -0.2) is 10.1 Å². The van der Waals surface area contributed by atoms with Crippen LogP contribution in [-0.2, 0) is 13.2 Å². The Labute approximate surface area is 119 Å². The molecule has 1 aromatic heterocycles. The van der Waals surface area contributed by atoms with Gasteiger partial charge >= 0.3 is 0 Å². The summed E-state index contributed by atoms with van der Waals surface area (Å²) in [7, 11) is 0. The van der Waals surface area contributed by atoms with Crippen LogP contribution < -0.4 is 10.5 Å². The Kier molecular flexibility index (Phi) is 3.52. The maximum absolute atomic E-state index is 5.65. The molecule has 0 amide bonds. The molecule has 1 aliphatic carbocycles. The summed E-state index contributed by atoms with van der Waals surface area (Å²) in [6, 6.07) is 5.76. The molecular formula is C13H14BrN3O2. The minimum absolute atomic E-state index is 0.278. The predicted octanol–water partition coefficient (Wildman–Crippen LogP) is 2.75.